The highest BCUT2D eigenvalue weighted by Gasteiger charge is 2.40. The van der Waals surface area contributed by atoms with Crippen molar-refractivity contribution in [3.8, 4) is 0 Å². The van der Waals surface area contributed by atoms with Crippen molar-refractivity contribution in [2.45, 2.75) is 51.3 Å². The second kappa shape index (κ2) is 7.97. The highest BCUT2D eigenvalue weighted by atomic mass is 16.6. The van der Waals surface area contributed by atoms with Gasteiger partial charge < -0.3 is 10.1 Å². The summed E-state index contributed by atoms with van der Waals surface area (Å²) in [7, 11) is 0. The Hall–Kier alpha value is -1.59. The Morgan fingerprint density at radius 1 is 1.12 bits per heavy atom. The number of likely N-dealkylation sites (tertiary alicyclic amines) is 2. The van der Waals surface area contributed by atoms with Crippen molar-refractivity contribution in [1.29, 1.82) is 0 Å². The van der Waals surface area contributed by atoms with E-state index in [1.165, 1.54) is 38.8 Å². The predicted molar refractivity (Wildman–Crippen MR) is 102 cm³/mol. The first-order valence-corrected chi connectivity index (χ1v) is 10.2. The number of carbonyl (C=O) groups excluding carboxylic acids is 1. The highest BCUT2D eigenvalue weighted by Crippen LogP contribution is 2.38. The number of carbonyl (C=O) groups is 1. The summed E-state index contributed by atoms with van der Waals surface area (Å²) in [5.74, 6) is 0. The van der Waals surface area contributed by atoms with Gasteiger partial charge in [0.15, 0.2) is 0 Å². The predicted octanol–water partition coefficient (Wildman–Crippen LogP) is 3.21. The molecule has 5 heteroatoms. The minimum atomic E-state index is -0.152. The average molecular weight is 357 g/mol. The number of benzene rings is 1. The first kappa shape index (κ1) is 17.8. The molecule has 0 aromatic heterocycles. The molecule has 1 aromatic carbocycles. The molecule has 3 aliphatic rings. The standard InChI is InChI=1S/C21H31N3O2/c25-20(26-16-18-6-2-1-3-7-18)24-13-5-4-8-19(24)23-14-10-21(11-15-23)9-12-22-17-21/h1-3,6-7,19,22H,4-5,8-17H2. The number of nitrogens with zero attached hydrogens (tertiary/aromatic N) is 2. The Bertz CT molecular complexity index is 591. The number of rotatable bonds is 3. The maximum Gasteiger partial charge on any atom is 0.411 e. The highest BCUT2D eigenvalue weighted by molar-refractivity contribution is 5.68. The molecule has 1 spiro atoms. The first-order chi connectivity index (χ1) is 12.8. The van der Waals surface area contributed by atoms with Crippen LogP contribution in [0.25, 0.3) is 0 Å². The van der Waals surface area contributed by atoms with Gasteiger partial charge in [-0.25, -0.2) is 4.79 Å². The minimum absolute atomic E-state index is 0.152. The van der Waals surface area contributed by atoms with Crippen LogP contribution in [-0.2, 0) is 11.3 Å². The van der Waals surface area contributed by atoms with E-state index in [-0.39, 0.29) is 12.3 Å². The van der Waals surface area contributed by atoms with Crippen molar-refractivity contribution in [1.82, 2.24) is 15.1 Å². The Morgan fingerprint density at radius 3 is 2.65 bits per heavy atom. The topological polar surface area (TPSA) is 44.8 Å². The molecule has 3 aliphatic heterocycles. The fraction of sp³-hybridized carbons (Fsp3) is 0.667. The van der Waals surface area contributed by atoms with Gasteiger partial charge in [0.25, 0.3) is 0 Å². The Kier molecular flexibility index (Phi) is 5.46. The lowest BCUT2D eigenvalue weighted by molar-refractivity contribution is -0.0206. The first-order valence-electron chi connectivity index (χ1n) is 10.2. The summed E-state index contributed by atoms with van der Waals surface area (Å²) in [4.78, 5) is 17.3. The largest absolute Gasteiger partial charge is 0.445 e. The number of hydrogen-bond acceptors (Lipinski definition) is 4. The zero-order chi connectivity index (χ0) is 17.8. The molecule has 1 amide bonds. The van der Waals surface area contributed by atoms with Crippen LogP contribution in [0.1, 0.15) is 44.1 Å². The molecule has 26 heavy (non-hydrogen) atoms. The third-order valence-electron chi connectivity index (χ3n) is 6.52. The van der Waals surface area contributed by atoms with Crippen molar-refractivity contribution in [3.63, 3.8) is 0 Å². The van der Waals surface area contributed by atoms with E-state index in [4.69, 9.17) is 4.74 Å². The molecule has 142 valence electrons. The van der Waals surface area contributed by atoms with Gasteiger partial charge in [0.1, 0.15) is 6.61 Å². The van der Waals surface area contributed by atoms with E-state index < -0.39 is 0 Å². The number of nitrogens with one attached hydrogen (secondary N) is 1. The maximum absolute atomic E-state index is 12.7. The molecule has 4 rings (SSSR count). The van der Waals surface area contributed by atoms with E-state index in [1.807, 2.05) is 35.2 Å². The molecule has 0 bridgehead atoms. The molecule has 3 saturated heterocycles. The third-order valence-corrected chi connectivity index (χ3v) is 6.52. The maximum atomic E-state index is 12.7. The van der Waals surface area contributed by atoms with Crippen LogP contribution in [0.2, 0.25) is 0 Å². The van der Waals surface area contributed by atoms with Gasteiger partial charge in [0.05, 0.1) is 6.17 Å². The van der Waals surface area contributed by atoms with Crippen LogP contribution in [0.3, 0.4) is 0 Å². The van der Waals surface area contributed by atoms with Crippen LogP contribution in [0, 0.1) is 5.41 Å². The van der Waals surface area contributed by atoms with E-state index in [2.05, 4.69) is 10.2 Å². The Balaban J connectivity index is 1.34. The molecule has 0 saturated carbocycles. The van der Waals surface area contributed by atoms with Crippen LogP contribution in [0.15, 0.2) is 30.3 Å². The van der Waals surface area contributed by atoms with Gasteiger partial charge >= 0.3 is 6.09 Å². The second-order valence-electron chi connectivity index (χ2n) is 8.17. The van der Waals surface area contributed by atoms with Crippen molar-refractivity contribution in [3.05, 3.63) is 35.9 Å². The SMILES string of the molecule is O=C(OCc1ccccc1)N1CCCCC1N1CCC2(CCNC2)CC1. The van der Waals surface area contributed by atoms with Gasteiger partial charge in [-0.05, 0) is 56.0 Å². The van der Waals surface area contributed by atoms with Crippen molar-refractivity contribution >= 4 is 6.09 Å². The van der Waals surface area contributed by atoms with E-state index in [0.717, 1.165) is 38.0 Å². The number of amides is 1. The van der Waals surface area contributed by atoms with Crippen LogP contribution in [0.5, 0.6) is 0 Å². The molecule has 1 atom stereocenters. The van der Waals surface area contributed by atoms with Gasteiger partial charge in [-0.3, -0.25) is 9.80 Å². The number of piperidine rings is 2. The Morgan fingerprint density at radius 2 is 1.92 bits per heavy atom. The molecule has 1 N–H and O–H groups in total. The van der Waals surface area contributed by atoms with Crippen molar-refractivity contribution in [2.24, 2.45) is 5.41 Å². The molecular weight excluding hydrogens is 326 g/mol. The molecule has 1 unspecified atom stereocenters. The summed E-state index contributed by atoms with van der Waals surface area (Å²) in [6, 6.07) is 9.94. The average Bonchev–Trinajstić information content (AvgIpc) is 3.15. The van der Waals surface area contributed by atoms with Crippen LogP contribution in [0.4, 0.5) is 4.79 Å². The Labute approximate surface area is 156 Å². The van der Waals surface area contributed by atoms with Gasteiger partial charge in [-0.2, -0.15) is 0 Å². The van der Waals surface area contributed by atoms with Crippen molar-refractivity contribution in [2.75, 3.05) is 32.7 Å². The van der Waals surface area contributed by atoms with Crippen LogP contribution in [-0.4, -0.2) is 54.8 Å². The molecule has 5 nitrogen and oxygen atoms in total. The fourth-order valence-electron chi connectivity index (χ4n) is 4.83. The van der Waals surface area contributed by atoms with Gasteiger partial charge in [0, 0.05) is 26.2 Å². The lowest BCUT2D eigenvalue weighted by Crippen LogP contribution is -2.56. The molecule has 0 aliphatic carbocycles. The van der Waals surface area contributed by atoms with Gasteiger partial charge in [0.2, 0.25) is 0 Å². The summed E-state index contributed by atoms with van der Waals surface area (Å²) in [6.07, 6.45) is 7.25. The van der Waals surface area contributed by atoms with E-state index in [9.17, 15) is 4.79 Å². The van der Waals surface area contributed by atoms with Crippen LogP contribution >= 0.6 is 0 Å². The van der Waals surface area contributed by atoms with E-state index in [0.29, 0.717) is 12.0 Å². The van der Waals surface area contributed by atoms with Gasteiger partial charge in [-0.1, -0.05) is 30.3 Å². The number of ether oxygens (including phenoxy) is 1. The zero-order valence-corrected chi connectivity index (χ0v) is 15.7. The summed E-state index contributed by atoms with van der Waals surface area (Å²) < 4.78 is 5.63. The lowest BCUT2D eigenvalue weighted by atomic mass is 9.77. The molecule has 3 fully saturated rings. The van der Waals surface area contributed by atoms with Gasteiger partial charge in [-0.15, -0.1) is 0 Å². The normalized spacial score (nSPS) is 26.2. The van der Waals surface area contributed by atoms with Crippen molar-refractivity contribution < 1.29 is 9.53 Å². The monoisotopic (exact) mass is 357 g/mol. The molecule has 0 radical (unpaired) electrons. The zero-order valence-electron chi connectivity index (χ0n) is 15.7. The third kappa shape index (κ3) is 3.89. The summed E-state index contributed by atoms with van der Waals surface area (Å²) in [6.45, 7) is 5.73. The molecule has 1 aromatic rings. The summed E-state index contributed by atoms with van der Waals surface area (Å²) in [5.41, 5.74) is 1.56. The van der Waals surface area contributed by atoms with Crippen LogP contribution < -0.4 is 5.32 Å². The summed E-state index contributed by atoms with van der Waals surface area (Å²) >= 11 is 0. The summed E-state index contributed by atoms with van der Waals surface area (Å²) in [5, 5.41) is 3.53. The van der Waals surface area contributed by atoms with E-state index >= 15 is 0 Å². The molecule has 3 heterocycles. The quantitative estimate of drug-likeness (QED) is 0.902. The molecular formula is C21H31N3O2. The van der Waals surface area contributed by atoms with E-state index in [1.54, 1.807) is 0 Å². The second-order valence-corrected chi connectivity index (χ2v) is 8.17. The minimum Gasteiger partial charge on any atom is -0.445 e. The number of hydrogen-bond donors (Lipinski definition) is 1. The smallest absolute Gasteiger partial charge is 0.411 e. The fourth-order valence-corrected chi connectivity index (χ4v) is 4.83. The lowest BCUT2D eigenvalue weighted by Gasteiger charge is -2.47.